The van der Waals surface area contributed by atoms with Gasteiger partial charge in [0, 0.05) is 24.4 Å². The first kappa shape index (κ1) is 17.2. The van der Waals surface area contributed by atoms with Gasteiger partial charge in [-0.1, -0.05) is 13.8 Å². The van der Waals surface area contributed by atoms with Gasteiger partial charge in [0.05, 0.1) is 16.3 Å². The van der Waals surface area contributed by atoms with Crippen molar-refractivity contribution in [2.45, 2.75) is 64.4 Å². The molecule has 1 aromatic heterocycles. The van der Waals surface area contributed by atoms with E-state index in [4.69, 9.17) is 0 Å². The lowest BCUT2D eigenvalue weighted by molar-refractivity contribution is 0.0349. The molecular formula is C16H27N3O2S. The van der Waals surface area contributed by atoms with Crippen LogP contribution < -0.4 is 10.6 Å². The third kappa shape index (κ3) is 4.68. The summed E-state index contributed by atoms with van der Waals surface area (Å²) in [7, 11) is 0. The van der Waals surface area contributed by atoms with Crippen LogP contribution in [0.15, 0.2) is 0 Å². The van der Waals surface area contributed by atoms with Crippen LogP contribution in [-0.2, 0) is 19.3 Å². The van der Waals surface area contributed by atoms with Gasteiger partial charge in [-0.3, -0.25) is 0 Å². The summed E-state index contributed by atoms with van der Waals surface area (Å²) in [6.07, 6.45) is 6.82. The van der Waals surface area contributed by atoms with Crippen LogP contribution >= 0.6 is 11.3 Å². The van der Waals surface area contributed by atoms with E-state index < -0.39 is 5.60 Å². The Labute approximate surface area is 136 Å². The van der Waals surface area contributed by atoms with E-state index >= 15 is 0 Å². The van der Waals surface area contributed by atoms with E-state index in [9.17, 15) is 9.90 Å². The second kappa shape index (κ2) is 7.92. The van der Waals surface area contributed by atoms with Gasteiger partial charge in [-0.15, -0.1) is 11.3 Å². The summed E-state index contributed by atoms with van der Waals surface area (Å²) in [6.45, 7) is 4.72. The van der Waals surface area contributed by atoms with E-state index in [1.165, 1.54) is 23.4 Å². The second-order valence-corrected chi connectivity index (χ2v) is 7.14. The van der Waals surface area contributed by atoms with E-state index in [2.05, 4.69) is 15.6 Å². The molecule has 1 aromatic rings. The number of aromatic nitrogens is 1. The lowest BCUT2D eigenvalue weighted by atomic mass is 9.98. The maximum atomic E-state index is 11.8. The molecule has 0 radical (unpaired) electrons. The maximum absolute atomic E-state index is 11.8. The molecule has 0 atom stereocenters. The van der Waals surface area contributed by atoms with Gasteiger partial charge in [0.25, 0.3) is 0 Å². The summed E-state index contributed by atoms with van der Waals surface area (Å²) in [5.74, 6) is 0. The van der Waals surface area contributed by atoms with Crippen LogP contribution in [0.3, 0.4) is 0 Å². The molecular weight excluding hydrogens is 298 g/mol. The molecule has 1 heterocycles. The maximum Gasteiger partial charge on any atom is 0.314 e. The Hall–Kier alpha value is -1.14. The highest BCUT2D eigenvalue weighted by Gasteiger charge is 2.22. The molecule has 0 spiro atoms. The van der Waals surface area contributed by atoms with E-state index in [1.807, 2.05) is 13.8 Å². The molecule has 0 aromatic carbocycles. The van der Waals surface area contributed by atoms with Crippen LogP contribution in [0.4, 0.5) is 4.79 Å². The van der Waals surface area contributed by atoms with Gasteiger partial charge in [0.15, 0.2) is 0 Å². The van der Waals surface area contributed by atoms with E-state index in [0.29, 0.717) is 19.4 Å². The van der Waals surface area contributed by atoms with Crippen molar-refractivity contribution < 1.29 is 9.90 Å². The number of hydrogen-bond donors (Lipinski definition) is 3. The Bertz CT molecular complexity index is 474. The highest BCUT2D eigenvalue weighted by atomic mass is 32.1. The van der Waals surface area contributed by atoms with Crippen LogP contribution in [0.2, 0.25) is 0 Å². The summed E-state index contributed by atoms with van der Waals surface area (Å²) < 4.78 is 0. The molecule has 0 bridgehead atoms. The number of hydrogen-bond acceptors (Lipinski definition) is 4. The lowest BCUT2D eigenvalue weighted by Crippen LogP contribution is -2.46. The Balaban J connectivity index is 1.70. The van der Waals surface area contributed by atoms with Gasteiger partial charge in [0.2, 0.25) is 0 Å². The summed E-state index contributed by atoms with van der Waals surface area (Å²) >= 11 is 1.79. The molecule has 0 aliphatic heterocycles. The van der Waals surface area contributed by atoms with Gasteiger partial charge in [0.1, 0.15) is 0 Å². The first-order valence-electron chi connectivity index (χ1n) is 8.28. The van der Waals surface area contributed by atoms with Gasteiger partial charge in [-0.05, 0) is 38.5 Å². The number of urea groups is 1. The standard InChI is InChI=1S/C16H27N3O2S/c1-3-16(21,4-2)11-18-15(20)17-10-9-14-19-12-7-5-6-8-13(12)22-14/h21H,3-11H2,1-2H3,(H2,17,18,20). The third-order valence-electron chi connectivity index (χ3n) is 4.41. The summed E-state index contributed by atoms with van der Waals surface area (Å²) in [5, 5.41) is 16.8. The number of aliphatic hydroxyl groups is 1. The van der Waals surface area contributed by atoms with Crippen LogP contribution in [-0.4, -0.2) is 34.8 Å². The van der Waals surface area contributed by atoms with Crippen molar-refractivity contribution in [3.8, 4) is 0 Å². The average molecular weight is 325 g/mol. The fraction of sp³-hybridized carbons (Fsp3) is 0.750. The minimum atomic E-state index is -0.800. The molecule has 0 unspecified atom stereocenters. The van der Waals surface area contributed by atoms with Crippen molar-refractivity contribution >= 4 is 17.4 Å². The number of fused-ring (bicyclic) bond motifs is 1. The summed E-state index contributed by atoms with van der Waals surface area (Å²) in [5.41, 5.74) is 0.470. The molecule has 0 saturated heterocycles. The number of carbonyl (C=O) groups excluding carboxylic acids is 1. The number of aryl methyl sites for hydroxylation is 2. The molecule has 124 valence electrons. The van der Waals surface area contributed by atoms with Crippen LogP contribution in [0.5, 0.6) is 0 Å². The largest absolute Gasteiger partial charge is 0.388 e. The van der Waals surface area contributed by atoms with Crippen molar-refractivity contribution in [3.63, 3.8) is 0 Å². The lowest BCUT2D eigenvalue weighted by Gasteiger charge is -2.25. The monoisotopic (exact) mass is 325 g/mol. The van der Waals surface area contributed by atoms with Gasteiger partial charge in [-0.2, -0.15) is 0 Å². The highest BCUT2D eigenvalue weighted by molar-refractivity contribution is 7.11. The van der Waals surface area contributed by atoms with Gasteiger partial charge in [-0.25, -0.2) is 9.78 Å². The first-order chi connectivity index (χ1) is 10.6. The van der Waals surface area contributed by atoms with Crippen molar-refractivity contribution in [1.29, 1.82) is 0 Å². The molecule has 0 saturated carbocycles. The Morgan fingerprint density at radius 2 is 2.00 bits per heavy atom. The third-order valence-corrected chi connectivity index (χ3v) is 5.63. The van der Waals surface area contributed by atoms with E-state index in [1.54, 1.807) is 11.3 Å². The second-order valence-electron chi connectivity index (χ2n) is 5.98. The molecule has 1 aliphatic rings. The van der Waals surface area contributed by atoms with Crippen LogP contribution in [0.1, 0.15) is 55.1 Å². The zero-order chi connectivity index (χ0) is 16.0. The predicted molar refractivity (Wildman–Crippen MR) is 89.4 cm³/mol. The van der Waals surface area contributed by atoms with Crippen LogP contribution in [0.25, 0.3) is 0 Å². The molecule has 1 aliphatic carbocycles. The first-order valence-corrected chi connectivity index (χ1v) is 9.09. The molecule has 6 heteroatoms. The number of carbonyl (C=O) groups is 1. The SMILES string of the molecule is CCC(O)(CC)CNC(=O)NCCc1nc2c(s1)CCCC2. The average Bonchev–Trinajstić information content (AvgIpc) is 2.95. The fourth-order valence-electron chi connectivity index (χ4n) is 2.60. The summed E-state index contributed by atoms with van der Waals surface area (Å²) in [6, 6.07) is -0.221. The zero-order valence-corrected chi connectivity index (χ0v) is 14.4. The fourth-order valence-corrected chi connectivity index (χ4v) is 3.76. The molecule has 2 rings (SSSR count). The molecule has 3 N–H and O–H groups in total. The Morgan fingerprint density at radius 1 is 1.27 bits per heavy atom. The van der Waals surface area contributed by atoms with Gasteiger partial charge < -0.3 is 15.7 Å². The normalized spacial score (nSPS) is 14.5. The van der Waals surface area contributed by atoms with Gasteiger partial charge >= 0.3 is 6.03 Å². The minimum Gasteiger partial charge on any atom is -0.388 e. The Kier molecular flexibility index (Phi) is 6.20. The molecule has 22 heavy (non-hydrogen) atoms. The van der Waals surface area contributed by atoms with Crippen molar-refractivity contribution in [1.82, 2.24) is 15.6 Å². The summed E-state index contributed by atoms with van der Waals surface area (Å²) in [4.78, 5) is 17.9. The van der Waals surface area contributed by atoms with Crippen molar-refractivity contribution in [2.24, 2.45) is 0 Å². The number of amides is 2. The Morgan fingerprint density at radius 3 is 2.68 bits per heavy atom. The number of nitrogens with one attached hydrogen (secondary N) is 2. The smallest absolute Gasteiger partial charge is 0.314 e. The van der Waals surface area contributed by atoms with Crippen LogP contribution in [0, 0.1) is 0 Å². The molecule has 0 fully saturated rings. The predicted octanol–water partition coefficient (Wildman–Crippen LogP) is 2.41. The van der Waals surface area contributed by atoms with E-state index in [0.717, 1.165) is 24.3 Å². The van der Waals surface area contributed by atoms with Crippen molar-refractivity contribution in [2.75, 3.05) is 13.1 Å². The van der Waals surface area contributed by atoms with E-state index in [-0.39, 0.29) is 12.6 Å². The minimum absolute atomic E-state index is 0.221. The molecule has 5 nitrogen and oxygen atoms in total. The highest BCUT2D eigenvalue weighted by Crippen LogP contribution is 2.26. The quantitative estimate of drug-likeness (QED) is 0.721. The topological polar surface area (TPSA) is 74.2 Å². The number of rotatable bonds is 7. The number of nitrogens with zero attached hydrogens (tertiary/aromatic N) is 1. The van der Waals surface area contributed by atoms with Crippen molar-refractivity contribution in [3.05, 3.63) is 15.6 Å². The molecule has 2 amide bonds. The number of thiazole rings is 1. The zero-order valence-electron chi connectivity index (χ0n) is 13.6.